The zero-order valence-electron chi connectivity index (χ0n) is 17.3. The number of furan rings is 1. The fourth-order valence-corrected chi connectivity index (χ4v) is 4.11. The average Bonchev–Trinajstić information content (AvgIpc) is 3.45. The standard InChI is InChI=1S/C22H25N5O3S/c1-16-4-2-5-17(12-16)24-22-25-19(15-31-22)21(29)27-9-7-26(8-10-27)14-20(28)23-13-18-6-3-11-30-18/h2-6,11-12,15H,7-10,13-14H2,1H3,(H,23,28)(H,24,25). The third-order valence-electron chi connectivity index (χ3n) is 5.06. The van der Waals surface area contributed by atoms with Gasteiger partial charge < -0.3 is 20.0 Å². The van der Waals surface area contributed by atoms with Crippen LogP contribution in [0.15, 0.2) is 52.5 Å². The van der Waals surface area contributed by atoms with Crippen LogP contribution in [0, 0.1) is 6.92 Å². The third-order valence-corrected chi connectivity index (χ3v) is 5.82. The summed E-state index contributed by atoms with van der Waals surface area (Å²) in [6.45, 7) is 5.17. The first-order chi connectivity index (χ1) is 15.1. The monoisotopic (exact) mass is 439 g/mol. The van der Waals surface area contributed by atoms with Crippen molar-refractivity contribution in [3.05, 3.63) is 65.1 Å². The summed E-state index contributed by atoms with van der Waals surface area (Å²) in [6.07, 6.45) is 1.59. The number of hydrogen-bond acceptors (Lipinski definition) is 7. The molecule has 3 aromatic rings. The Kier molecular flexibility index (Phi) is 6.63. The Morgan fingerprint density at radius 2 is 2.00 bits per heavy atom. The lowest BCUT2D eigenvalue weighted by Gasteiger charge is -2.33. The number of anilines is 2. The van der Waals surface area contributed by atoms with Gasteiger partial charge in [0.25, 0.3) is 5.91 Å². The number of aromatic nitrogens is 1. The number of carbonyl (C=O) groups excluding carboxylic acids is 2. The molecule has 1 aliphatic rings. The van der Waals surface area contributed by atoms with Gasteiger partial charge in [-0.1, -0.05) is 12.1 Å². The molecule has 1 aliphatic heterocycles. The summed E-state index contributed by atoms with van der Waals surface area (Å²) in [4.78, 5) is 33.2. The van der Waals surface area contributed by atoms with Gasteiger partial charge in [-0.25, -0.2) is 4.98 Å². The predicted molar refractivity (Wildman–Crippen MR) is 119 cm³/mol. The molecule has 0 atom stereocenters. The van der Waals surface area contributed by atoms with Crippen molar-refractivity contribution in [3.63, 3.8) is 0 Å². The number of benzene rings is 1. The molecular formula is C22H25N5O3S. The summed E-state index contributed by atoms with van der Waals surface area (Å²) >= 11 is 1.42. The minimum Gasteiger partial charge on any atom is -0.467 e. The highest BCUT2D eigenvalue weighted by Crippen LogP contribution is 2.22. The van der Waals surface area contributed by atoms with Crippen LogP contribution in [0.1, 0.15) is 21.8 Å². The predicted octanol–water partition coefficient (Wildman–Crippen LogP) is 2.86. The van der Waals surface area contributed by atoms with Crippen LogP contribution >= 0.6 is 11.3 Å². The molecular weight excluding hydrogens is 414 g/mol. The van der Waals surface area contributed by atoms with Crippen molar-refractivity contribution in [2.75, 3.05) is 38.0 Å². The van der Waals surface area contributed by atoms with Crippen molar-refractivity contribution in [1.82, 2.24) is 20.1 Å². The molecule has 0 spiro atoms. The number of carbonyl (C=O) groups is 2. The van der Waals surface area contributed by atoms with Gasteiger partial charge in [-0.15, -0.1) is 11.3 Å². The summed E-state index contributed by atoms with van der Waals surface area (Å²) in [5.41, 5.74) is 2.56. The maximum absolute atomic E-state index is 12.8. The number of piperazine rings is 1. The normalized spacial score (nSPS) is 14.4. The van der Waals surface area contributed by atoms with E-state index in [1.165, 1.54) is 11.3 Å². The van der Waals surface area contributed by atoms with Gasteiger partial charge in [0.15, 0.2) is 5.13 Å². The fourth-order valence-electron chi connectivity index (χ4n) is 3.40. The van der Waals surface area contributed by atoms with Crippen LogP contribution < -0.4 is 10.6 Å². The van der Waals surface area contributed by atoms with Gasteiger partial charge in [-0.2, -0.15) is 0 Å². The quantitative estimate of drug-likeness (QED) is 0.588. The molecule has 0 bridgehead atoms. The van der Waals surface area contributed by atoms with Gasteiger partial charge in [-0.05, 0) is 36.8 Å². The molecule has 0 unspecified atom stereocenters. The van der Waals surface area contributed by atoms with E-state index in [1.54, 1.807) is 22.6 Å². The van der Waals surface area contributed by atoms with Crippen molar-refractivity contribution in [3.8, 4) is 0 Å². The smallest absolute Gasteiger partial charge is 0.273 e. The van der Waals surface area contributed by atoms with Gasteiger partial charge in [0, 0.05) is 37.2 Å². The van der Waals surface area contributed by atoms with Crippen LogP contribution in [0.4, 0.5) is 10.8 Å². The molecule has 2 aromatic heterocycles. The minimum absolute atomic E-state index is 0.0532. The SMILES string of the molecule is Cc1cccc(Nc2nc(C(=O)N3CCN(CC(=O)NCc4ccco4)CC3)cs2)c1. The van der Waals surface area contributed by atoms with E-state index < -0.39 is 0 Å². The molecule has 8 nitrogen and oxygen atoms in total. The molecule has 2 N–H and O–H groups in total. The zero-order chi connectivity index (χ0) is 21.6. The molecule has 3 heterocycles. The van der Waals surface area contributed by atoms with Crippen LogP contribution in [-0.4, -0.2) is 59.3 Å². The number of hydrogen-bond donors (Lipinski definition) is 2. The molecule has 1 saturated heterocycles. The zero-order valence-corrected chi connectivity index (χ0v) is 18.2. The lowest BCUT2D eigenvalue weighted by Crippen LogP contribution is -2.51. The van der Waals surface area contributed by atoms with Crippen LogP contribution in [0.25, 0.3) is 0 Å². The Bertz CT molecular complexity index is 1030. The first-order valence-electron chi connectivity index (χ1n) is 10.2. The van der Waals surface area contributed by atoms with Gasteiger partial charge in [0.1, 0.15) is 11.5 Å². The molecule has 0 saturated carbocycles. The maximum Gasteiger partial charge on any atom is 0.273 e. The Morgan fingerprint density at radius 1 is 1.16 bits per heavy atom. The Balaban J connectivity index is 1.23. The number of rotatable bonds is 7. The molecule has 0 aliphatic carbocycles. The van der Waals surface area contributed by atoms with Gasteiger partial charge in [0.05, 0.1) is 19.4 Å². The summed E-state index contributed by atoms with van der Waals surface area (Å²) in [6, 6.07) is 11.6. The van der Waals surface area contributed by atoms with Crippen LogP contribution in [-0.2, 0) is 11.3 Å². The van der Waals surface area contributed by atoms with E-state index >= 15 is 0 Å². The molecule has 4 rings (SSSR count). The Labute approximate surface area is 184 Å². The van der Waals surface area contributed by atoms with Crippen molar-refractivity contribution < 1.29 is 14.0 Å². The molecule has 1 fully saturated rings. The molecule has 1 aromatic carbocycles. The molecule has 31 heavy (non-hydrogen) atoms. The number of amides is 2. The second-order valence-corrected chi connectivity index (χ2v) is 8.31. The van der Waals surface area contributed by atoms with Crippen molar-refractivity contribution >= 4 is 34.0 Å². The summed E-state index contributed by atoms with van der Waals surface area (Å²) < 4.78 is 5.21. The van der Waals surface area contributed by atoms with Gasteiger partial charge >= 0.3 is 0 Å². The van der Waals surface area contributed by atoms with Crippen molar-refractivity contribution in [2.45, 2.75) is 13.5 Å². The van der Waals surface area contributed by atoms with Crippen molar-refractivity contribution in [2.24, 2.45) is 0 Å². The highest BCUT2D eigenvalue weighted by atomic mass is 32.1. The lowest BCUT2D eigenvalue weighted by atomic mass is 10.2. The number of aryl methyl sites for hydroxylation is 1. The van der Waals surface area contributed by atoms with E-state index in [1.807, 2.05) is 42.2 Å². The highest BCUT2D eigenvalue weighted by Gasteiger charge is 2.25. The molecule has 2 amide bonds. The van der Waals surface area contributed by atoms with Gasteiger partial charge in [0.2, 0.25) is 5.91 Å². The number of nitrogens with one attached hydrogen (secondary N) is 2. The second kappa shape index (κ2) is 9.76. The van der Waals surface area contributed by atoms with Crippen molar-refractivity contribution in [1.29, 1.82) is 0 Å². The van der Waals surface area contributed by atoms with E-state index in [9.17, 15) is 9.59 Å². The first kappa shape index (κ1) is 21.1. The summed E-state index contributed by atoms with van der Waals surface area (Å²) in [7, 11) is 0. The average molecular weight is 440 g/mol. The Morgan fingerprint density at radius 3 is 2.74 bits per heavy atom. The summed E-state index contributed by atoms with van der Waals surface area (Å²) in [5.74, 6) is 0.598. The van der Waals surface area contributed by atoms with E-state index in [0.29, 0.717) is 50.1 Å². The Hall–Kier alpha value is -3.17. The molecule has 9 heteroatoms. The van der Waals surface area contributed by atoms with Crippen LogP contribution in [0.2, 0.25) is 0 Å². The third kappa shape index (κ3) is 5.71. The molecule has 162 valence electrons. The maximum atomic E-state index is 12.8. The number of nitrogens with zero attached hydrogens (tertiary/aromatic N) is 3. The minimum atomic E-state index is -0.0736. The summed E-state index contributed by atoms with van der Waals surface area (Å²) in [5, 5.41) is 8.58. The number of thiazole rings is 1. The van der Waals surface area contributed by atoms with E-state index in [0.717, 1.165) is 17.0 Å². The largest absolute Gasteiger partial charge is 0.467 e. The van der Waals surface area contributed by atoms with E-state index in [2.05, 4.69) is 15.6 Å². The second-order valence-electron chi connectivity index (χ2n) is 7.46. The fraction of sp³-hybridized carbons (Fsp3) is 0.318. The van der Waals surface area contributed by atoms with E-state index in [-0.39, 0.29) is 11.8 Å². The lowest BCUT2D eigenvalue weighted by molar-refractivity contribution is -0.122. The molecule has 0 radical (unpaired) electrons. The van der Waals surface area contributed by atoms with E-state index in [4.69, 9.17) is 4.42 Å². The highest BCUT2D eigenvalue weighted by molar-refractivity contribution is 7.14. The van der Waals surface area contributed by atoms with Crippen LogP contribution in [0.3, 0.4) is 0 Å². The van der Waals surface area contributed by atoms with Crippen LogP contribution in [0.5, 0.6) is 0 Å². The first-order valence-corrected chi connectivity index (χ1v) is 11.0. The topological polar surface area (TPSA) is 90.7 Å². The van der Waals surface area contributed by atoms with Gasteiger partial charge in [-0.3, -0.25) is 14.5 Å².